The summed E-state index contributed by atoms with van der Waals surface area (Å²) >= 11 is 0. The van der Waals surface area contributed by atoms with Crippen LogP contribution >= 0.6 is 0 Å². The van der Waals surface area contributed by atoms with E-state index < -0.39 is 17.7 Å². The third kappa shape index (κ3) is 10.6. The van der Waals surface area contributed by atoms with E-state index in [1.165, 1.54) is 7.05 Å². The number of nitrogens with one attached hydrogen (secondary N) is 4. The van der Waals surface area contributed by atoms with Gasteiger partial charge in [0.2, 0.25) is 5.91 Å². The van der Waals surface area contributed by atoms with Gasteiger partial charge < -0.3 is 37.5 Å². The van der Waals surface area contributed by atoms with E-state index >= 15 is 0 Å². The molecule has 12 nitrogen and oxygen atoms in total. The summed E-state index contributed by atoms with van der Waals surface area (Å²) in [6, 6.07) is 0. The Bertz CT molecular complexity index is 700. The Kier molecular flexibility index (Phi) is 15.2. The molecule has 0 atom stereocenters. The quantitative estimate of drug-likeness (QED) is 0.211. The lowest BCUT2D eigenvalue weighted by atomic mass is 10.3. The van der Waals surface area contributed by atoms with Crippen molar-refractivity contribution >= 4 is 29.4 Å². The zero-order chi connectivity index (χ0) is 23.6. The van der Waals surface area contributed by atoms with Crippen molar-refractivity contribution < 1.29 is 19.1 Å². The second-order valence-corrected chi connectivity index (χ2v) is 6.19. The molecule has 1 heterocycles. The van der Waals surface area contributed by atoms with E-state index in [0.29, 0.717) is 26.2 Å². The fourth-order valence-corrected chi connectivity index (χ4v) is 2.22. The number of primary amides is 1. The number of nitrogens with zero attached hydrogens (tertiary/aromatic N) is 2. The zero-order valence-corrected chi connectivity index (χ0v) is 18.8. The topological polar surface area (TPSA) is 186 Å². The Morgan fingerprint density at radius 3 is 1.68 bits per heavy atom. The number of hydrogen-bond acceptors (Lipinski definition) is 9. The molecule has 1 rings (SSSR count). The van der Waals surface area contributed by atoms with Crippen LogP contribution in [0.1, 0.15) is 54.1 Å². The molecule has 0 saturated heterocycles. The summed E-state index contributed by atoms with van der Waals surface area (Å²) in [7, 11) is 3.04. The van der Waals surface area contributed by atoms with E-state index in [9.17, 15) is 14.4 Å². The Hall–Kier alpha value is -2.99. The van der Waals surface area contributed by atoms with Crippen LogP contribution in [0.5, 0.6) is 0 Å². The van der Waals surface area contributed by atoms with Crippen molar-refractivity contribution in [2.45, 2.75) is 33.1 Å². The van der Waals surface area contributed by atoms with Gasteiger partial charge in [0, 0.05) is 39.7 Å². The molecule has 0 radical (unpaired) electrons. The van der Waals surface area contributed by atoms with Gasteiger partial charge in [-0.1, -0.05) is 13.8 Å². The molecular formula is C19H36N8O4. The van der Waals surface area contributed by atoms with Gasteiger partial charge in [0.05, 0.1) is 6.61 Å². The molecule has 0 aliphatic heterocycles. The number of amides is 3. The lowest BCUT2D eigenvalue weighted by Crippen LogP contribution is -2.32. The molecule has 176 valence electrons. The summed E-state index contributed by atoms with van der Waals surface area (Å²) in [5.41, 5.74) is 9.72. The standard InChI is InChI=1S/C18H31N7O4.CH5N/c1-4-7-20-15-13(17(27)22-9-6-12(19)26)24-16(21-8-5-2)14(25-15)18(28)23-10-11-29-3;1-2/h4-11H2,1-3H3,(H2,19,26)(H,20,25)(H,21,24)(H,22,27)(H,23,28);2H2,1H3. The van der Waals surface area contributed by atoms with Crippen LogP contribution in [0.4, 0.5) is 11.6 Å². The number of hydrogen-bond donors (Lipinski definition) is 6. The molecular weight excluding hydrogens is 404 g/mol. The maximum atomic E-state index is 12.6. The van der Waals surface area contributed by atoms with Gasteiger partial charge in [0.25, 0.3) is 11.8 Å². The van der Waals surface area contributed by atoms with E-state index in [-0.39, 0.29) is 36.0 Å². The lowest BCUT2D eigenvalue weighted by Gasteiger charge is -2.16. The maximum Gasteiger partial charge on any atom is 0.273 e. The molecule has 0 aromatic carbocycles. The SMILES string of the molecule is CCCNc1nc(C(=O)NCCC(N)=O)c(NCCC)nc1C(=O)NCCOC.CN. The number of ether oxygens (including phenoxy) is 1. The van der Waals surface area contributed by atoms with Gasteiger partial charge in [-0.25, -0.2) is 9.97 Å². The smallest absolute Gasteiger partial charge is 0.273 e. The molecule has 8 N–H and O–H groups in total. The molecule has 1 aromatic rings. The highest BCUT2D eigenvalue weighted by atomic mass is 16.5. The first kappa shape index (κ1) is 28.0. The van der Waals surface area contributed by atoms with Gasteiger partial charge in [-0.15, -0.1) is 0 Å². The number of nitrogens with two attached hydrogens (primary N) is 2. The molecule has 0 aliphatic carbocycles. The highest BCUT2D eigenvalue weighted by Crippen LogP contribution is 2.19. The van der Waals surface area contributed by atoms with Crippen molar-refractivity contribution in [2.24, 2.45) is 11.5 Å². The molecule has 0 fully saturated rings. The van der Waals surface area contributed by atoms with Crippen molar-refractivity contribution in [3.05, 3.63) is 11.4 Å². The predicted octanol–water partition coefficient (Wildman–Crippen LogP) is -0.323. The lowest BCUT2D eigenvalue weighted by molar-refractivity contribution is -0.117. The average molecular weight is 441 g/mol. The maximum absolute atomic E-state index is 12.6. The summed E-state index contributed by atoms with van der Waals surface area (Å²) in [4.78, 5) is 44.8. The molecule has 0 aliphatic rings. The van der Waals surface area contributed by atoms with E-state index in [1.807, 2.05) is 13.8 Å². The summed E-state index contributed by atoms with van der Waals surface area (Å²) in [6.07, 6.45) is 1.59. The summed E-state index contributed by atoms with van der Waals surface area (Å²) in [6.45, 7) is 5.78. The van der Waals surface area contributed by atoms with Crippen molar-refractivity contribution in [2.75, 3.05) is 57.6 Å². The van der Waals surface area contributed by atoms with Crippen LogP contribution in [0.25, 0.3) is 0 Å². The van der Waals surface area contributed by atoms with E-state index in [4.69, 9.17) is 10.5 Å². The Morgan fingerprint density at radius 2 is 1.29 bits per heavy atom. The molecule has 0 spiro atoms. The minimum absolute atomic E-state index is 0.0117. The Balaban J connectivity index is 0.00000436. The van der Waals surface area contributed by atoms with Gasteiger partial charge in [0.1, 0.15) is 0 Å². The molecule has 0 saturated carbocycles. The largest absolute Gasteiger partial charge is 0.383 e. The van der Waals surface area contributed by atoms with Crippen molar-refractivity contribution in [3.8, 4) is 0 Å². The predicted molar refractivity (Wildman–Crippen MR) is 120 cm³/mol. The average Bonchev–Trinajstić information content (AvgIpc) is 2.77. The molecule has 3 amide bonds. The normalized spacial score (nSPS) is 9.84. The number of rotatable bonds is 14. The Morgan fingerprint density at radius 1 is 0.839 bits per heavy atom. The molecule has 31 heavy (non-hydrogen) atoms. The molecule has 12 heteroatoms. The highest BCUT2D eigenvalue weighted by Gasteiger charge is 2.22. The second kappa shape index (κ2) is 16.8. The first-order valence-electron chi connectivity index (χ1n) is 10.3. The van der Waals surface area contributed by atoms with Crippen LogP contribution in [0.3, 0.4) is 0 Å². The number of methoxy groups -OCH3 is 1. The van der Waals surface area contributed by atoms with Gasteiger partial charge in [-0.2, -0.15) is 0 Å². The van der Waals surface area contributed by atoms with E-state index in [0.717, 1.165) is 12.8 Å². The van der Waals surface area contributed by atoms with Crippen LogP contribution < -0.4 is 32.7 Å². The number of carbonyl (C=O) groups excluding carboxylic acids is 3. The van der Waals surface area contributed by atoms with E-state index in [1.54, 1.807) is 7.11 Å². The molecule has 0 bridgehead atoms. The molecule has 0 unspecified atom stereocenters. The minimum Gasteiger partial charge on any atom is -0.383 e. The van der Waals surface area contributed by atoms with Crippen LogP contribution in [0, 0.1) is 0 Å². The summed E-state index contributed by atoms with van der Waals surface area (Å²) < 4.78 is 4.94. The molecule has 1 aromatic heterocycles. The van der Waals surface area contributed by atoms with Crippen molar-refractivity contribution in [3.63, 3.8) is 0 Å². The highest BCUT2D eigenvalue weighted by molar-refractivity contribution is 6.01. The van der Waals surface area contributed by atoms with Crippen LogP contribution in [0.2, 0.25) is 0 Å². The third-order valence-corrected chi connectivity index (χ3v) is 3.66. The van der Waals surface area contributed by atoms with Crippen molar-refractivity contribution in [1.82, 2.24) is 20.6 Å². The third-order valence-electron chi connectivity index (χ3n) is 3.66. The van der Waals surface area contributed by atoms with E-state index in [2.05, 4.69) is 37.0 Å². The first-order chi connectivity index (χ1) is 14.9. The summed E-state index contributed by atoms with van der Waals surface area (Å²) in [5, 5.41) is 11.4. The van der Waals surface area contributed by atoms with Crippen LogP contribution in [0.15, 0.2) is 0 Å². The summed E-state index contributed by atoms with van der Waals surface area (Å²) in [5.74, 6) is -1.04. The van der Waals surface area contributed by atoms with Crippen LogP contribution in [-0.2, 0) is 9.53 Å². The van der Waals surface area contributed by atoms with Gasteiger partial charge in [0.15, 0.2) is 23.0 Å². The van der Waals surface area contributed by atoms with Gasteiger partial charge in [-0.3, -0.25) is 14.4 Å². The first-order valence-corrected chi connectivity index (χ1v) is 10.3. The van der Waals surface area contributed by atoms with Gasteiger partial charge >= 0.3 is 0 Å². The minimum atomic E-state index is -0.519. The van der Waals surface area contributed by atoms with Crippen LogP contribution in [-0.4, -0.2) is 74.6 Å². The second-order valence-electron chi connectivity index (χ2n) is 6.19. The fourth-order valence-electron chi connectivity index (χ4n) is 2.22. The monoisotopic (exact) mass is 440 g/mol. The van der Waals surface area contributed by atoms with Gasteiger partial charge in [-0.05, 0) is 19.9 Å². The number of aromatic nitrogens is 2. The number of anilines is 2. The number of carbonyl (C=O) groups is 3. The fraction of sp³-hybridized carbons (Fsp3) is 0.632. The van der Waals surface area contributed by atoms with Crippen molar-refractivity contribution in [1.29, 1.82) is 0 Å². The Labute approximate surface area is 183 Å². The zero-order valence-electron chi connectivity index (χ0n) is 18.8.